The summed E-state index contributed by atoms with van der Waals surface area (Å²) in [6.45, 7) is 4.04. The lowest BCUT2D eigenvalue weighted by Crippen LogP contribution is -2.16. The summed E-state index contributed by atoms with van der Waals surface area (Å²) in [6, 6.07) is 13.7. The van der Waals surface area contributed by atoms with Gasteiger partial charge in [-0.15, -0.1) is 11.3 Å². The fourth-order valence-corrected chi connectivity index (χ4v) is 5.78. The van der Waals surface area contributed by atoms with Gasteiger partial charge >= 0.3 is 0 Å². The minimum Gasteiger partial charge on any atom is -0.284 e. The first-order valence-corrected chi connectivity index (χ1v) is 11.9. The van der Waals surface area contributed by atoms with Crippen molar-refractivity contribution in [3.63, 3.8) is 0 Å². The third-order valence-electron chi connectivity index (χ3n) is 3.88. The first kappa shape index (κ1) is 19.2. The molecule has 0 unspecified atom stereocenters. The second kappa shape index (κ2) is 8.41. The van der Waals surface area contributed by atoms with E-state index in [9.17, 15) is 8.42 Å². The monoisotopic (exact) mass is 406 g/mol. The maximum Gasteiger partial charge on any atom is 0.232 e. The second-order valence-corrected chi connectivity index (χ2v) is 10.5. The SMILES string of the molecule is Cc1ccc(NS(=O)(=O)CCCCSc2nc3cc(C)ccc3s2)cc1. The van der Waals surface area contributed by atoms with Gasteiger partial charge in [-0.25, -0.2) is 13.4 Å². The molecule has 26 heavy (non-hydrogen) atoms. The second-order valence-electron chi connectivity index (χ2n) is 6.29. The Labute approximate surface area is 163 Å². The van der Waals surface area contributed by atoms with Crippen LogP contribution >= 0.6 is 23.1 Å². The first-order chi connectivity index (χ1) is 12.4. The van der Waals surface area contributed by atoms with Gasteiger partial charge in [0, 0.05) is 11.4 Å². The molecule has 0 aliphatic carbocycles. The largest absolute Gasteiger partial charge is 0.284 e. The van der Waals surface area contributed by atoms with Gasteiger partial charge in [-0.3, -0.25) is 4.72 Å². The number of thioether (sulfide) groups is 1. The molecule has 0 amide bonds. The molecule has 0 spiro atoms. The molecule has 7 heteroatoms. The summed E-state index contributed by atoms with van der Waals surface area (Å²) in [5.74, 6) is 1.01. The number of aryl methyl sites for hydroxylation is 2. The van der Waals surface area contributed by atoms with Gasteiger partial charge in [0.2, 0.25) is 10.0 Å². The number of aromatic nitrogens is 1. The molecule has 0 saturated carbocycles. The summed E-state index contributed by atoms with van der Waals surface area (Å²) in [5.41, 5.74) is 3.98. The Morgan fingerprint density at radius 1 is 1.04 bits per heavy atom. The van der Waals surface area contributed by atoms with E-state index in [1.165, 1.54) is 10.3 Å². The fourth-order valence-electron chi connectivity index (χ4n) is 2.48. The topological polar surface area (TPSA) is 59.1 Å². The van der Waals surface area contributed by atoms with E-state index in [1.807, 2.05) is 19.1 Å². The maximum absolute atomic E-state index is 12.1. The van der Waals surface area contributed by atoms with Crippen LogP contribution in [0.3, 0.4) is 0 Å². The van der Waals surface area contributed by atoms with Crippen molar-refractivity contribution in [2.45, 2.75) is 31.0 Å². The molecule has 2 aromatic carbocycles. The van der Waals surface area contributed by atoms with E-state index in [0.29, 0.717) is 12.1 Å². The highest BCUT2D eigenvalue weighted by molar-refractivity contribution is 8.01. The summed E-state index contributed by atoms with van der Waals surface area (Å²) < 4.78 is 29.2. The third-order valence-corrected chi connectivity index (χ3v) is 7.52. The molecular weight excluding hydrogens is 384 g/mol. The van der Waals surface area contributed by atoms with Crippen LogP contribution in [0, 0.1) is 13.8 Å². The van der Waals surface area contributed by atoms with Crippen LogP contribution in [-0.2, 0) is 10.0 Å². The zero-order chi connectivity index (χ0) is 18.6. The first-order valence-electron chi connectivity index (χ1n) is 8.48. The van der Waals surface area contributed by atoms with E-state index in [-0.39, 0.29) is 5.75 Å². The Balaban J connectivity index is 1.43. The van der Waals surface area contributed by atoms with Crippen LogP contribution in [0.4, 0.5) is 5.69 Å². The molecule has 0 atom stereocenters. The third kappa shape index (κ3) is 5.46. The maximum atomic E-state index is 12.1. The molecule has 1 aromatic heterocycles. The normalized spacial score (nSPS) is 11.8. The lowest BCUT2D eigenvalue weighted by molar-refractivity contribution is 0.598. The highest BCUT2D eigenvalue weighted by Gasteiger charge is 2.10. The standard InChI is InChI=1S/C19H22N2O2S3/c1-14-5-8-16(9-6-14)21-26(22,23)12-4-3-11-24-19-20-17-13-15(2)7-10-18(17)25-19/h5-10,13,21H,3-4,11-12H2,1-2H3. The fraction of sp³-hybridized carbons (Fsp3) is 0.316. The van der Waals surface area contributed by atoms with Gasteiger partial charge in [0.15, 0.2) is 4.34 Å². The van der Waals surface area contributed by atoms with Gasteiger partial charge in [-0.05, 0) is 56.5 Å². The lowest BCUT2D eigenvalue weighted by atomic mass is 10.2. The van der Waals surface area contributed by atoms with Crippen molar-refractivity contribution in [2.24, 2.45) is 0 Å². The Kier molecular flexibility index (Phi) is 6.21. The smallest absolute Gasteiger partial charge is 0.232 e. The molecule has 0 radical (unpaired) electrons. The zero-order valence-electron chi connectivity index (χ0n) is 14.9. The molecule has 3 aromatic rings. The van der Waals surface area contributed by atoms with Crippen molar-refractivity contribution in [1.82, 2.24) is 4.98 Å². The number of hydrogen-bond donors (Lipinski definition) is 1. The summed E-state index contributed by atoms with van der Waals surface area (Å²) in [4.78, 5) is 4.63. The number of nitrogens with one attached hydrogen (secondary N) is 1. The van der Waals surface area contributed by atoms with Gasteiger partial charge in [0.1, 0.15) is 0 Å². The number of nitrogens with zero attached hydrogens (tertiary/aromatic N) is 1. The Hall–Kier alpha value is -1.57. The quantitative estimate of drug-likeness (QED) is 0.411. The minimum absolute atomic E-state index is 0.139. The van der Waals surface area contributed by atoms with Crippen molar-refractivity contribution in [1.29, 1.82) is 0 Å². The van der Waals surface area contributed by atoms with Gasteiger partial charge in [-0.2, -0.15) is 0 Å². The van der Waals surface area contributed by atoms with Gasteiger partial charge in [0.25, 0.3) is 0 Å². The van der Waals surface area contributed by atoms with Crippen molar-refractivity contribution in [2.75, 3.05) is 16.2 Å². The van der Waals surface area contributed by atoms with Crippen LogP contribution in [0.25, 0.3) is 10.2 Å². The lowest BCUT2D eigenvalue weighted by Gasteiger charge is -2.08. The van der Waals surface area contributed by atoms with Crippen molar-refractivity contribution in [3.05, 3.63) is 53.6 Å². The number of thiazole rings is 1. The number of fused-ring (bicyclic) bond motifs is 1. The number of hydrogen-bond acceptors (Lipinski definition) is 5. The molecule has 4 nitrogen and oxygen atoms in total. The molecule has 0 aliphatic heterocycles. The minimum atomic E-state index is -3.29. The van der Waals surface area contributed by atoms with Crippen LogP contribution in [0.1, 0.15) is 24.0 Å². The Morgan fingerprint density at radius 3 is 2.54 bits per heavy atom. The molecule has 0 aliphatic rings. The van der Waals surface area contributed by atoms with Crippen LogP contribution in [0.15, 0.2) is 46.8 Å². The van der Waals surface area contributed by atoms with Gasteiger partial charge in [-0.1, -0.05) is 35.5 Å². The summed E-state index contributed by atoms with van der Waals surface area (Å²) in [6.07, 6.45) is 1.48. The van der Waals surface area contributed by atoms with Crippen LogP contribution < -0.4 is 4.72 Å². The molecule has 1 N–H and O–H groups in total. The van der Waals surface area contributed by atoms with Crippen LogP contribution in [-0.4, -0.2) is 24.9 Å². The molecular formula is C19H22N2O2S3. The van der Waals surface area contributed by atoms with Crippen molar-refractivity contribution < 1.29 is 8.42 Å². The van der Waals surface area contributed by atoms with E-state index in [4.69, 9.17) is 0 Å². The number of unbranched alkanes of at least 4 members (excludes halogenated alkanes) is 1. The van der Waals surface area contributed by atoms with E-state index < -0.39 is 10.0 Å². The molecule has 3 rings (SSSR count). The van der Waals surface area contributed by atoms with Crippen LogP contribution in [0.2, 0.25) is 0 Å². The Morgan fingerprint density at radius 2 is 1.77 bits per heavy atom. The van der Waals surface area contributed by atoms with Crippen molar-refractivity contribution in [3.8, 4) is 0 Å². The Bertz CT molecular complexity index is 980. The van der Waals surface area contributed by atoms with Gasteiger partial charge in [0.05, 0.1) is 16.0 Å². The number of rotatable bonds is 8. The molecule has 0 fully saturated rings. The predicted octanol–water partition coefficient (Wildman–Crippen LogP) is 5.23. The highest BCUT2D eigenvalue weighted by atomic mass is 32.2. The van der Waals surface area contributed by atoms with E-state index in [1.54, 1.807) is 35.2 Å². The highest BCUT2D eigenvalue weighted by Crippen LogP contribution is 2.30. The predicted molar refractivity (Wildman–Crippen MR) is 113 cm³/mol. The summed E-state index contributed by atoms with van der Waals surface area (Å²) in [7, 11) is -3.29. The molecule has 0 saturated heterocycles. The summed E-state index contributed by atoms with van der Waals surface area (Å²) >= 11 is 3.39. The van der Waals surface area contributed by atoms with E-state index in [2.05, 4.69) is 34.8 Å². The average Bonchev–Trinajstić information content (AvgIpc) is 2.98. The van der Waals surface area contributed by atoms with E-state index >= 15 is 0 Å². The average molecular weight is 407 g/mol. The van der Waals surface area contributed by atoms with Gasteiger partial charge < -0.3 is 0 Å². The molecule has 1 heterocycles. The summed E-state index contributed by atoms with van der Waals surface area (Å²) in [5, 5.41) is 0. The molecule has 138 valence electrons. The molecule has 0 bridgehead atoms. The van der Waals surface area contributed by atoms with Crippen molar-refractivity contribution >= 4 is 49.0 Å². The number of sulfonamides is 1. The van der Waals surface area contributed by atoms with Crippen LogP contribution in [0.5, 0.6) is 0 Å². The zero-order valence-corrected chi connectivity index (χ0v) is 17.3. The van der Waals surface area contributed by atoms with E-state index in [0.717, 1.165) is 27.6 Å². The number of anilines is 1. The number of benzene rings is 2.